The number of carbonyl (C=O) groups excluding carboxylic acids is 1. The van der Waals surface area contributed by atoms with Crippen LogP contribution in [0.2, 0.25) is 0 Å². The molecule has 0 aliphatic carbocycles. The topological polar surface area (TPSA) is 65.0 Å². The Bertz CT molecular complexity index is 810. The number of benzene rings is 2. The number of aliphatic hydroxyl groups is 1. The fourth-order valence-corrected chi connectivity index (χ4v) is 3.70. The van der Waals surface area contributed by atoms with Crippen LogP contribution in [0.3, 0.4) is 0 Å². The fourth-order valence-electron chi connectivity index (χ4n) is 3.70. The first-order valence-corrected chi connectivity index (χ1v) is 10.6. The van der Waals surface area contributed by atoms with Crippen LogP contribution < -0.4 is 10.1 Å². The van der Waals surface area contributed by atoms with Crippen molar-refractivity contribution in [2.24, 2.45) is 0 Å². The molecular formula is C24H33N3O3. The molecule has 1 atom stereocenters. The predicted molar refractivity (Wildman–Crippen MR) is 120 cm³/mol. The second-order valence-corrected chi connectivity index (χ2v) is 8.17. The van der Waals surface area contributed by atoms with Crippen molar-refractivity contribution >= 4 is 11.6 Å². The van der Waals surface area contributed by atoms with Crippen LogP contribution in [0.1, 0.15) is 16.7 Å². The van der Waals surface area contributed by atoms with Gasteiger partial charge < -0.3 is 15.2 Å². The third-order valence-corrected chi connectivity index (χ3v) is 5.51. The van der Waals surface area contributed by atoms with E-state index >= 15 is 0 Å². The normalized spacial score (nSPS) is 16.3. The van der Waals surface area contributed by atoms with Crippen molar-refractivity contribution in [2.75, 3.05) is 51.2 Å². The van der Waals surface area contributed by atoms with Gasteiger partial charge >= 0.3 is 0 Å². The van der Waals surface area contributed by atoms with E-state index in [0.717, 1.165) is 48.7 Å². The maximum atomic E-state index is 12.5. The summed E-state index contributed by atoms with van der Waals surface area (Å²) >= 11 is 0. The maximum absolute atomic E-state index is 12.5. The van der Waals surface area contributed by atoms with Gasteiger partial charge in [0.25, 0.3) is 0 Å². The number of hydrogen-bond donors (Lipinski definition) is 2. The van der Waals surface area contributed by atoms with Crippen LogP contribution >= 0.6 is 0 Å². The molecule has 2 N–H and O–H groups in total. The predicted octanol–water partition coefficient (Wildman–Crippen LogP) is 2.61. The number of anilines is 1. The molecule has 1 amide bonds. The molecule has 6 nitrogen and oxygen atoms in total. The maximum Gasteiger partial charge on any atom is 0.238 e. The molecule has 3 rings (SSSR count). The molecule has 1 unspecified atom stereocenters. The van der Waals surface area contributed by atoms with E-state index in [2.05, 4.69) is 15.1 Å². The van der Waals surface area contributed by atoms with Crippen molar-refractivity contribution in [3.63, 3.8) is 0 Å². The van der Waals surface area contributed by atoms with E-state index in [-0.39, 0.29) is 12.5 Å². The summed E-state index contributed by atoms with van der Waals surface area (Å²) in [6, 6.07) is 13.9. The molecule has 1 aliphatic rings. The smallest absolute Gasteiger partial charge is 0.238 e. The van der Waals surface area contributed by atoms with Crippen LogP contribution in [-0.4, -0.2) is 72.8 Å². The second kappa shape index (κ2) is 10.6. The highest BCUT2D eigenvalue weighted by atomic mass is 16.5. The molecule has 2 aromatic rings. The summed E-state index contributed by atoms with van der Waals surface area (Å²) in [6.45, 7) is 10.6. The standard InChI is InChI=1S/C24H33N3O3/c1-18-7-9-22(10-8-18)30-17-21(28)15-26-11-13-27(14-12-26)16-23(29)25-24-19(2)5-4-6-20(24)3/h4-10,21,28H,11-17H2,1-3H3,(H,25,29). The number of aliphatic hydroxyl groups excluding tert-OH is 1. The minimum absolute atomic E-state index is 0.0207. The first-order valence-electron chi connectivity index (χ1n) is 10.6. The number of carbonyl (C=O) groups is 1. The van der Waals surface area contributed by atoms with Gasteiger partial charge in [0.1, 0.15) is 18.5 Å². The van der Waals surface area contributed by atoms with Crippen molar-refractivity contribution in [3.05, 3.63) is 59.2 Å². The molecule has 0 bridgehead atoms. The number of amides is 1. The van der Waals surface area contributed by atoms with Crippen molar-refractivity contribution in [2.45, 2.75) is 26.9 Å². The monoisotopic (exact) mass is 411 g/mol. The summed E-state index contributed by atoms with van der Waals surface area (Å²) in [4.78, 5) is 16.8. The van der Waals surface area contributed by atoms with Gasteiger partial charge in [-0.1, -0.05) is 35.9 Å². The van der Waals surface area contributed by atoms with Crippen molar-refractivity contribution in [1.29, 1.82) is 0 Å². The van der Waals surface area contributed by atoms with Gasteiger partial charge in [-0.3, -0.25) is 14.6 Å². The zero-order chi connectivity index (χ0) is 21.5. The Hall–Kier alpha value is -2.41. The van der Waals surface area contributed by atoms with Crippen LogP contribution in [0.4, 0.5) is 5.69 Å². The highest BCUT2D eigenvalue weighted by Crippen LogP contribution is 2.19. The molecule has 1 heterocycles. The van der Waals surface area contributed by atoms with Crippen LogP contribution in [0.15, 0.2) is 42.5 Å². The molecule has 0 saturated carbocycles. The quantitative estimate of drug-likeness (QED) is 0.699. The lowest BCUT2D eigenvalue weighted by Crippen LogP contribution is -2.50. The third-order valence-electron chi connectivity index (χ3n) is 5.51. The number of aryl methyl sites for hydroxylation is 3. The molecule has 2 aromatic carbocycles. The molecule has 0 aromatic heterocycles. The second-order valence-electron chi connectivity index (χ2n) is 8.17. The van der Waals surface area contributed by atoms with Crippen molar-refractivity contribution in [1.82, 2.24) is 9.80 Å². The first kappa shape index (κ1) is 22.3. The summed E-state index contributed by atoms with van der Waals surface area (Å²) in [5.74, 6) is 0.798. The summed E-state index contributed by atoms with van der Waals surface area (Å²) in [5, 5.41) is 13.4. The Kier molecular flexibility index (Phi) is 7.85. The summed E-state index contributed by atoms with van der Waals surface area (Å²) < 4.78 is 5.67. The molecule has 30 heavy (non-hydrogen) atoms. The molecule has 0 spiro atoms. The molecule has 6 heteroatoms. The van der Waals surface area contributed by atoms with Crippen LogP contribution in [0, 0.1) is 20.8 Å². The van der Waals surface area contributed by atoms with Crippen LogP contribution in [-0.2, 0) is 4.79 Å². The van der Waals surface area contributed by atoms with Gasteiger partial charge in [-0.25, -0.2) is 0 Å². The van der Waals surface area contributed by atoms with Crippen LogP contribution in [0.25, 0.3) is 0 Å². The lowest BCUT2D eigenvalue weighted by atomic mass is 10.1. The minimum atomic E-state index is -0.537. The number of piperazine rings is 1. The first-order chi connectivity index (χ1) is 14.4. The van der Waals surface area contributed by atoms with Gasteiger partial charge in [-0.05, 0) is 44.0 Å². The van der Waals surface area contributed by atoms with Gasteiger partial charge in [0.2, 0.25) is 5.91 Å². The molecule has 162 valence electrons. The van der Waals surface area contributed by atoms with Gasteiger partial charge in [-0.15, -0.1) is 0 Å². The van der Waals surface area contributed by atoms with Gasteiger partial charge in [0, 0.05) is 38.4 Å². The highest BCUT2D eigenvalue weighted by molar-refractivity contribution is 5.93. The van der Waals surface area contributed by atoms with Gasteiger partial charge in [0.05, 0.1) is 6.54 Å². The summed E-state index contributed by atoms with van der Waals surface area (Å²) in [7, 11) is 0. The number of nitrogens with zero attached hydrogens (tertiary/aromatic N) is 2. The van der Waals surface area contributed by atoms with E-state index in [1.54, 1.807) is 0 Å². The Balaban J connectivity index is 1.37. The minimum Gasteiger partial charge on any atom is -0.491 e. The third kappa shape index (κ3) is 6.55. The van der Waals surface area contributed by atoms with E-state index in [9.17, 15) is 9.90 Å². The Labute approximate surface area is 179 Å². The number of para-hydroxylation sites is 1. The van der Waals surface area contributed by atoms with Crippen molar-refractivity contribution in [3.8, 4) is 5.75 Å². The highest BCUT2D eigenvalue weighted by Gasteiger charge is 2.21. The van der Waals surface area contributed by atoms with E-state index in [1.165, 1.54) is 5.56 Å². The number of ether oxygens (including phenoxy) is 1. The van der Waals surface area contributed by atoms with E-state index in [1.807, 2.05) is 63.2 Å². The van der Waals surface area contributed by atoms with Gasteiger partial charge in [-0.2, -0.15) is 0 Å². The zero-order valence-electron chi connectivity index (χ0n) is 18.2. The SMILES string of the molecule is Cc1ccc(OCC(O)CN2CCN(CC(=O)Nc3c(C)cccc3C)CC2)cc1. The molecule has 0 radical (unpaired) electrons. The fraction of sp³-hybridized carbons (Fsp3) is 0.458. The lowest BCUT2D eigenvalue weighted by molar-refractivity contribution is -0.117. The Morgan fingerprint density at radius 1 is 1.00 bits per heavy atom. The summed E-state index contributed by atoms with van der Waals surface area (Å²) in [6.07, 6.45) is -0.537. The molecule has 1 fully saturated rings. The Morgan fingerprint density at radius 3 is 2.23 bits per heavy atom. The van der Waals surface area contributed by atoms with Gasteiger partial charge in [0.15, 0.2) is 0 Å². The van der Waals surface area contributed by atoms with E-state index in [4.69, 9.17) is 4.74 Å². The summed E-state index contributed by atoms with van der Waals surface area (Å²) in [5.41, 5.74) is 4.26. The number of β-amino-alcohol motifs (C(OH)–C–C–N with tert-alkyl or cyclic N) is 1. The van der Waals surface area contributed by atoms with E-state index < -0.39 is 6.10 Å². The zero-order valence-corrected chi connectivity index (χ0v) is 18.2. The average molecular weight is 412 g/mol. The molecule has 1 aliphatic heterocycles. The lowest BCUT2D eigenvalue weighted by Gasteiger charge is -2.35. The van der Waals surface area contributed by atoms with E-state index in [0.29, 0.717) is 13.1 Å². The largest absolute Gasteiger partial charge is 0.491 e. The van der Waals surface area contributed by atoms with Crippen LogP contribution in [0.5, 0.6) is 5.75 Å². The van der Waals surface area contributed by atoms with Crippen molar-refractivity contribution < 1.29 is 14.6 Å². The number of nitrogens with one attached hydrogen (secondary N) is 1. The molecular weight excluding hydrogens is 378 g/mol. The number of rotatable bonds is 8. The number of hydrogen-bond acceptors (Lipinski definition) is 5. The molecule has 1 saturated heterocycles. The average Bonchev–Trinajstić information content (AvgIpc) is 2.72. The Morgan fingerprint density at radius 2 is 1.60 bits per heavy atom.